The molecule has 33 heavy (non-hydrogen) atoms. The molecule has 2 aromatic rings. The molecule has 0 heterocycles. The highest BCUT2D eigenvalue weighted by Crippen LogP contribution is 2.38. The molecule has 0 aromatic heterocycles. The van der Waals surface area contributed by atoms with Gasteiger partial charge in [-0.05, 0) is 49.0 Å². The summed E-state index contributed by atoms with van der Waals surface area (Å²) in [6, 6.07) is 21.4. The molecule has 4 nitrogen and oxygen atoms in total. The van der Waals surface area contributed by atoms with Gasteiger partial charge in [0.2, 0.25) is 0 Å². The molecule has 1 N–H and O–H groups in total. The number of rotatable bonds is 12. The number of methoxy groups -OCH3 is 1. The summed E-state index contributed by atoms with van der Waals surface area (Å²) in [5.74, 6) is 0. The summed E-state index contributed by atoms with van der Waals surface area (Å²) in [5.41, 5.74) is 1.14. The third-order valence-corrected chi connectivity index (χ3v) is 11.0. The molecule has 0 fully saturated rings. The van der Waals surface area contributed by atoms with Crippen LogP contribution in [0.3, 0.4) is 0 Å². The van der Waals surface area contributed by atoms with Crippen molar-refractivity contribution in [1.82, 2.24) is 0 Å². The number of aliphatic hydroxyl groups excluding tert-OH is 1. The van der Waals surface area contributed by atoms with E-state index in [1.54, 1.807) is 7.11 Å². The van der Waals surface area contributed by atoms with Crippen LogP contribution >= 0.6 is 0 Å². The summed E-state index contributed by atoms with van der Waals surface area (Å²) in [4.78, 5) is 0. The van der Waals surface area contributed by atoms with Crippen molar-refractivity contribution >= 4 is 18.7 Å². The molecule has 0 aliphatic rings. The minimum Gasteiger partial charge on any atom is -0.404 e. The molecule has 5 heteroatoms. The summed E-state index contributed by atoms with van der Waals surface area (Å²) >= 11 is 0. The molecular weight excluding hydrogens is 428 g/mol. The first kappa shape index (κ1) is 27.5. The molecule has 182 valence electrons. The van der Waals surface area contributed by atoms with Gasteiger partial charge < -0.3 is 19.0 Å². The second-order valence-corrected chi connectivity index (χ2v) is 14.2. The van der Waals surface area contributed by atoms with Gasteiger partial charge in [-0.25, -0.2) is 0 Å². The van der Waals surface area contributed by atoms with Crippen molar-refractivity contribution in [3.8, 4) is 0 Å². The van der Waals surface area contributed by atoms with E-state index in [0.717, 1.165) is 12.0 Å². The highest BCUT2D eigenvalue weighted by molar-refractivity contribution is 6.99. The van der Waals surface area contributed by atoms with Gasteiger partial charge in [0.05, 0.1) is 12.2 Å². The number of hydrogen-bond donors (Lipinski definition) is 1. The second-order valence-electron chi connectivity index (χ2n) is 9.95. The van der Waals surface area contributed by atoms with E-state index in [1.807, 2.05) is 13.8 Å². The predicted octanol–water partition coefficient (Wildman–Crippen LogP) is 5.05. The molecule has 0 amide bonds. The van der Waals surface area contributed by atoms with Crippen LogP contribution in [-0.4, -0.2) is 45.6 Å². The minimum atomic E-state index is -2.62. The highest BCUT2D eigenvalue weighted by Gasteiger charge is 2.51. The Kier molecular flexibility index (Phi) is 10.5. The molecule has 2 aromatic carbocycles. The van der Waals surface area contributed by atoms with Crippen LogP contribution in [0.4, 0.5) is 0 Å². The fourth-order valence-electron chi connectivity index (χ4n) is 4.56. The third-order valence-electron chi connectivity index (χ3n) is 5.82. The van der Waals surface area contributed by atoms with Gasteiger partial charge in [-0.2, -0.15) is 0 Å². The minimum absolute atomic E-state index is 0.0315. The summed E-state index contributed by atoms with van der Waals surface area (Å²) in [6.45, 7) is 13.1. The zero-order valence-electron chi connectivity index (χ0n) is 21.4. The van der Waals surface area contributed by atoms with Crippen LogP contribution in [0.5, 0.6) is 0 Å². The molecule has 0 radical (unpaired) electrons. The first-order valence-corrected chi connectivity index (χ1v) is 13.8. The van der Waals surface area contributed by atoms with Crippen molar-refractivity contribution in [3.05, 3.63) is 72.3 Å². The zero-order valence-corrected chi connectivity index (χ0v) is 22.4. The number of benzene rings is 2. The molecular formula is C28H42O4Si. The molecule has 0 aliphatic heterocycles. The topological polar surface area (TPSA) is 47.9 Å². The lowest BCUT2D eigenvalue weighted by Gasteiger charge is -2.45. The lowest BCUT2D eigenvalue weighted by molar-refractivity contribution is -0.0498. The predicted molar refractivity (Wildman–Crippen MR) is 140 cm³/mol. The van der Waals surface area contributed by atoms with E-state index in [1.165, 1.54) is 10.4 Å². The standard InChI is InChI=1S/C28H42O4Si/c1-22(29)18-25(19-23(2)31-21-30-7)20-24(3)32-33(28(4,5)6,26-14-10-8-11-15-26)27-16-12-9-13-17-27/h8-17,19,22-24,29H,18,20-21H2,1-7H3/b25-19+/t22-,23-,24+/m1/s1. The van der Waals surface area contributed by atoms with E-state index < -0.39 is 14.4 Å². The number of ether oxygens (including phenoxy) is 2. The molecule has 3 atom stereocenters. The third kappa shape index (κ3) is 7.62. The van der Waals surface area contributed by atoms with Gasteiger partial charge in [-0.15, -0.1) is 0 Å². The lowest BCUT2D eigenvalue weighted by Crippen LogP contribution is -2.67. The zero-order chi connectivity index (χ0) is 24.5. The summed E-state index contributed by atoms with van der Waals surface area (Å²) in [7, 11) is -1.00. The smallest absolute Gasteiger partial charge is 0.261 e. The van der Waals surface area contributed by atoms with Crippen molar-refractivity contribution in [2.75, 3.05) is 13.9 Å². The summed E-state index contributed by atoms with van der Waals surface area (Å²) in [5, 5.41) is 12.6. The Morgan fingerprint density at radius 1 is 0.909 bits per heavy atom. The van der Waals surface area contributed by atoms with E-state index >= 15 is 0 Å². The Hall–Kier alpha value is -1.76. The fourth-order valence-corrected chi connectivity index (χ4v) is 9.26. The van der Waals surface area contributed by atoms with E-state index in [-0.39, 0.29) is 24.0 Å². The molecule has 0 bridgehead atoms. The number of aliphatic hydroxyl groups is 1. The average Bonchev–Trinajstić information content (AvgIpc) is 2.76. The quantitative estimate of drug-likeness (QED) is 0.268. The Bertz CT molecular complexity index is 804. The largest absolute Gasteiger partial charge is 0.404 e. The molecule has 2 rings (SSSR count). The molecule has 0 spiro atoms. The van der Waals surface area contributed by atoms with Crippen molar-refractivity contribution in [2.24, 2.45) is 0 Å². The van der Waals surface area contributed by atoms with Crippen LogP contribution in [0, 0.1) is 0 Å². The van der Waals surface area contributed by atoms with Gasteiger partial charge >= 0.3 is 0 Å². The van der Waals surface area contributed by atoms with Crippen LogP contribution in [0.25, 0.3) is 0 Å². The summed E-state index contributed by atoms with van der Waals surface area (Å²) in [6.07, 6.45) is 2.86. The van der Waals surface area contributed by atoms with Crippen molar-refractivity contribution in [2.45, 2.75) is 77.7 Å². The maximum absolute atomic E-state index is 10.1. The monoisotopic (exact) mass is 470 g/mol. The maximum Gasteiger partial charge on any atom is 0.261 e. The van der Waals surface area contributed by atoms with E-state index in [0.29, 0.717) is 6.42 Å². The van der Waals surface area contributed by atoms with Crippen LogP contribution in [0.15, 0.2) is 72.3 Å². The normalized spacial score (nSPS) is 15.8. The molecule has 0 saturated heterocycles. The first-order valence-electron chi connectivity index (χ1n) is 11.9. The van der Waals surface area contributed by atoms with Crippen molar-refractivity contribution in [1.29, 1.82) is 0 Å². The Morgan fingerprint density at radius 2 is 1.42 bits per heavy atom. The van der Waals surface area contributed by atoms with Crippen LogP contribution < -0.4 is 10.4 Å². The molecule has 0 unspecified atom stereocenters. The van der Waals surface area contributed by atoms with Gasteiger partial charge in [0, 0.05) is 13.2 Å². The highest BCUT2D eigenvalue weighted by atomic mass is 28.4. The van der Waals surface area contributed by atoms with Crippen LogP contribution in [0.2, 0.25) is 5.04 Å². The summed E-state index contributed by atoms with van der Waals surface area (Å²) < 4.78 is 17.9. The van der Waals surface area contributed by atoms with Crippen molar-refractivity contribution in [3.63, 3.8) is 0 Å². The van der Waals surface area contributed by atoms with E-state index in [4.69, 9.17) is 13.9 Å². The van der Waals surface area contributed by atoms with Gasteiger partial charge in [0.15, 0.2) is 0 Å². The van der Waals surface area contributed by atoms with Gasteiger partial charge in [0.25, 0.3) is 8.32 Å². The first-order chi connectivity index (χ1) is 15.6. The Labute approximate surface area is 201 Å². The molecule has 0 aliphatic carbocycles. The average molecular weight is 471 g/mol. The van der Waals surface area contributed by atoms with Gasteiger partial charge in [0.1, 0.15) is 6.79 Å². The van der Waals surface area contributed by atoms with E-state index in [2.05, 4.69) is 94.4 Å². The molecule has 0 saturated carbocycles. The lowest BCUT2D eigenvalue weighted by atomic mass is 10.0. The Morgan fingerprint density at radius 3 is 1.85 bits per heavy atom. The number of hydrogen-bond acceptors (Lipinski definition) is 4. The van der Waals surface area contributed by atoms with E-state index in [9.17, 15) is 5.11 Å². The fraction of sp³-hybridized carbons (Fsp3) is 0.500. The van der Waals surface area contributed by atoms with Crippen molar-refractivity contribution < 1.29 is 19.0 Å². The maximum atomic E-state index is 10.1. The van der Waals surface area contributed by atoms with Gasteiger partial charge in [-0.3, -0.25) is 0 Å². The van der Waals surface area contributed by atoms with Crippen LogP contribution in [0.1, 0.15) is 54.4 Å². The SMILES string of the molecule is COCO[C@H](C)/C=C(\C[C@@H](C)O)C[C@H](C)O[Si](c1ccccc1)(c1ccccc1)C(C)(C)C. The second kappa shape index (κ2) is 12.6. The van der Waals surface area contributed by atoms with Gasteiger partial charge in [-0.1, -0.05) is 93.1 Å². The van der Waals surface area contributed by atoms with Crippen LogP contribution in [-0.2, 0) is 13.9 Å². The Balaban J connectivity index is 2.44.